The SMILES string of the molecule is Clc1cc(CNCCC2CCC2)ccc1Br. The maximum Gasteiger partial charge on any atom is 0.0551 e. The van der Waals surface area contributed by atoms with Crippen LogP contribution in [0.15, 0.2) is 22.7 Å². The zero-order chi connectivity index (χ0) is 11.4. The van der Waals surface area contributed by atoms with Crippen LogP contribution in [0.2, 0.25) is 5.02 Å². The average Bonchev–Trinajstić information content (AvgIpc) is 2.20. The van der Waals surface area contributed by atoms with Gasteiger partial charge >= 0.3 is 0 Å². The first-order valence-electron chi connectivity index (χ1n) is 5.90. The molecule has 1 aliphatic carbocycles. The van der Waals surface area contributed by atoms with Gasteiger partial charge in [-0.2, -0.15) is 0 Å². The van der Waals surface area contributed by atoms with Gasteiger partial charge in [0.05, 0.1) is 5.02 Å². The van der Waals surface area contributed by atoms with Crippen molar-refractivity contribution < 1.29 is 0 Å². The van der Waals surface area contributed by atoms with Crippen molar-refractivity contribution >= 4 is 27.5 Å². The summed E-state index contributed by atoms with van der Waals surface area (Å²) in [4.78, 5) is 0. The third kappa shape index (κ3) is 3.47. The molecule has 1 saturated carbocycles. The molecule has 0 unspecified atom stereocenters. The van der Waals surface area contributed by atoms with Crippen molar-refractivity contribution in [2.24, 2.45) is 5.92 Å². The van der Waals surface area contributed by atoms with Crippen LogP contribution in [0.3, 0.4) is 0 Å². The van der Waals surface area contributed by atoms with Gasteiger partial charge in [0, 0.05) is 11.0 Å². The average molecular weight is 303 g/mol. The zero-order valence-electron chi connectivity index (χ0n) is 9.31. The van der Waals surface area contributed by atoms with Crippen molar-refractivity contribution in [1.82, 2.24) is 5.32 Å². The summed E-state index contributed by atoms with van der Waals surface area (Å²) in [7, 11) is 0. The van der Waals surface area contributed by atoms with Gasteiger partial charge in [0.1, 0.15) is 0 Å². The molecule has 0 amide bonds. The summed E-state index contributed by atoms with van der Waals surface area (Å²) < 4.78 is 0.965. The Kier molecular flexibility index (Phi) is 4.68. The molecule has 0 bridgehead atoms. The van der Waals surface area contributed by atoms with Crippen molar-refractivity contribution in [3.63, 3.8) is 0 Å². The lowest BCUT2D eigenvalue weighted by atomic mass is 9.83. The normalized spacial score (nSPS) is 16.1. The van der Waals surface area contributed by atoms with E-state index in [0.29, 0.717) is 0 Å². The standard InChI is InChI=1S/C13H17BrClN/c14-12-5-4-11(8-13(12)15)9-16-7-6-10-2-1-3-10/h4-5,8,10,16H,1-3,6-7,9H2. The minimum Gasteiger partial charge on any atom is -0.313 e. The summed E-state index contributed by atoms with van der Waals surface area (Å²) in [6.07, 6.45) is 5.63. The highest BCUT2D eigenvalue weighted by molar-refractivity contribution is 9.10. The molecule has 1 aliphatic rings. The van der Waals surface area contributed by atoms with Crippen LogP contribution in [0.1, 0.15) is 31.2 Å². The monoisotopic (exact) mass is 301 g/mol. The molecule has 0 aliphatic heterocycles. The van der Waals surface area contributed by atoms with E-state index in [-0.39, 0.29) is 0 Å². The van der Waals surface area contributed by atoms with E-state index in [1.54, 1.807) is 0 Å². The number of hydrogen-bond acceptors (Lipinski definition) is 1. The van der Waals surface area contributed by atoms with Gasteiger partial charge in [-0.1, -0.05) is 36.9 Å². The third-order valence-corrected chi connectivity index (χ3v) is 4.50. The molecule has 0 atom stereocenters. The van der Waals surface area contributed by atoms with E-state index < -0.39 is 0 Å². The topological polar surface area (TPSA) is 12.0 Å². The third-order valence-electron chi connectivity index (χ3n) is 3.27. The van der Waals surface area contributed by atoms with Crippen LogP contribution >= 0.6 is 27.5 Å². The molecule has 0 saturated heterocycles. The Labute approximate surface area is 111 Å². The smallest absolute Gasteiger partial charge is 0.0551 e. The Hall–Kier alpha value is -0.0500. The lowest BCUT2D eigenvalue weighted by molar-refractivity contribution is 0.292. The largest absolute Gasteiger partial charge is 0.313 e. The number of halogens is 2. The summed E-state index contributed by atoms with van der Waals surface area (Å²) in [6, 6.07) is 6.12. The lowest BCUT2D eigenvalue weighted by Crippen LogP contribution is -2.21. The predicted octanol–water partition coefficient (Wildman–Crippen LogP) is 4.38. The van der Waals surface area contributed by atoms with E-state index in [2.05, 4.69) is 27.3 Å². The highest BCUT2D eigenvalue weighted by atomic mass is 79.9. The molecular weight excluding hydrogens is 286 g/mol. The lowest BCUT2D eigenvalue weighted by Gasteiger charge is -2.25. The highest BCUT2D eigenvalue weighted by Crippen LogP contribution is 2.28. The van der Waals surface area contributed by atoms with Gasteiger partial charge in [-0.3, -0.25) is 0 Å². The van der Waals surface area contributed by atoms with Crippen LogP contribution < -0.4 is 5.32 Å². The molecule has 3 heteroatoms. The zero-order valence-corrected chi connectivity index (χ0v) is 11.6. The van der Waals surface area contributed by atoms with Crippen LogP contribution in [0, 0.1) is 5.92 Å². The summed E-state index contributed by atoms with van der Waals surface area (Å²) >= 11 is 9.43. The first-order valence-corrected chi connectivity index (χ1v) is 7.07. The number of nitrogens with one attached hydrogen (secondary N) is 1. The molecule has 0 radical (unpaired) electrons. The van der Waals surface area contributed by atoms with Crippen molar-refractivity contribution in [1.29, 1.82) is 0 Å². The second kappa shape index (κ2) is 6.04. The van der Waals surface area contributed by atoms with Gasteiger partial charge < -0.3 is 5.32 Å². The van der Waals surface area contributed by atoms with Gasteiger partial charge in [-0.25, -0.2) is 0 Å². The van der Waals surface area contributed by atoms with Gasteiger partial charge in [0.2, 0.25) is 0 Å². The van der Waals surface area contributed by atoms with Crippen molar-refractivity contribution in [3.8, 4) is 0 Å². The summed E-state index contributed by atoms with van der Waals surface area (Å²) in [5, 5.41) is 4.26. The Morgan fingerprint density at radius 2 is 2.19 bits per heavy atom. The Morgan fingerprint density at radius 1 is 1.38 bits per heavy atom. The molecule has 88 valence electrons. The molecule has 1 aromatic rings. The molecule has 2 rings (SSSR count). The molecule has 1 nitrogen and oxygen atoms in total. The van der Waals surface area contributed by atoms with Gasteiger partial charge in [-0.15, -0.1) is 0 Å². The van der Waals surface area contributed by atoms with Crippen LogP contribution in [-0.2, 0) is 6.54 Å². The van der Waals surface area contributed by atoms with E-state index in [0.717, 1.165) is 28.5 Å². The first kappa shape index (κ1) is 12.4. The van der Waals surface area contributed by atoms with Crippen LogP contribution in [-0.4, -0.2) is 6.54 Å². The molecule has 0 spiro atoms. The van der Waals surface area contributed by atoms with E-state index in [4.69, 9.17) is 11.6 Å². The Morgan fingerprint density at radius 3 is 2.81 bits per heavy atom. The van der Waals surface area contributed by atoms with E-state index >= 15 is 0 Å². The molecule has 0 aromatic heterocycles. The number of hydrogen-bond donors (Lipinski definition) is 1. The van der Waals surface area contributed by atoms with Crippen molar-refractivity contribution in [3.05, 3.63) is 33.3 Å². The maximum absolute atomic E-state index is 6.03. The fraction of sp³-hybridized carbons (Fsp3) is 0.538. The van der Waals surface area contributed by atoms with E-state index in [1.807, 2.05) is 12.1 Å². The molecule has 1 N–H and O–H groups in total. The van der Waals surface area contributed by atoms with Crippen LogP contribution in [0.4, 0.5) is 0 Å². The second-order valence-corrected chi connectivity index (χ2v) is 5.77. The number of benzene rings is 1. The van der Waals surface area contributed by atoms with Crippen molar-refractivity contribution in [2.45, 2.75) is 32.2 Å². The summed E-state index contributed by atoms with van der Waals surface area (Å²) in [5.74, 6) is 0.987. The molecule has 16 heavy (non-hydrogen) atoms. The van der Waals surface area contributed by atoms with Gasteiger partial charge in [0.15, 0.2) is 0 Å². The molecule has 1 aromatic carbocycles. The quantitative estimate of drug-likeness (QED) is 0.796. The molecule has 1 fully saturated rings. The minimum absolute atomic E-state index is 0.790. The molecule has 0 heterocycles. The molecular formula is C13H17BrClN. The first-order chi connectivity index (χ1) is 7.75. The summed E-state index contributed by atoms with van der Waals surface area (Å²) in [6.45, 7) is 2.04. The fourth-order valence-corrected chi connectivity index (χ4v) is 2.42. The maximum atomic E-state index is 6.03. The van der Waals surface area contributed by atoms with Gasteiger partial charge in [0.25, 0.3) is 0 Å². The van der Waals surface area contributed by atoms with E-state index in [1.165, 1.54) is 31.2 Å². The minimum atomic E-state index is 0.790. The van der Waals surface area contributed by atoms with Crippen LogP contribution in [0.5, 0.6) is 0 Å². The van der Waals surface area contributed by atoms with Crippen molar-refractivity contribution in [2.75, 3.05) is 6.54 Å². The second-order valence-electron chi connectivity index (χ2n) is 4.51. The Balaban J connectivity index is 1.69. The van der Waals surface area contributed by atoms with Crippen LogP contribution in [0.25, 0.3) is 0 Å². The fourth-order valence-electron chi connectivity index (χ4n) is 1.97. The Bertz CT molecular complexity index is 350. The van der Waals surface area contributed by atoms with E-state index in [9.17, 15) is 0 Å². The predicted molar refractivity (Wildman–Crippen MR) is 72.8 cm³/mol. The number of rotatable bonds is 5. The summed E-state index contributed by atoms with van der Waals surface area (Å²) in [5.41, 5.74) is 1.25. The van der Waals surface area contributed by atoms with Gasteiger partial charge in [-0.05, 0) is 52.5 Å². The highest BCUT2D eigenvalue weighted by Gasteiger charge is 2.16.